The van der Waals surface area contributed by atoms with E-state index in [4.69, 9.17) is 5.11 Å². The predicted octanol–water partition coefficient (Wildman–Crippen LogP) is 2.07. The summed E-state index contributed by atoms with van der Waals surface area (Å²) < 4.78 is 27.4. The minimum Gasteiger partial charge on any atom is -0.478 e. The molecule has 0 unspecified atom stereocenters. The van der Waals surface area contributed by atoms with Crippen molar-refractivity contribution < 1.29 is 18.3 Å². The molecule has 5 nitrogen and oxygen atoms in total. The summed E-state index contributed by atoms with van der Waals surface area (Å²) in [4.78, 5) is 11.0. The molecular formula is C12H14INO4S. The lowest BCUT2D eigenvalue weighted by Gasteiger charge is -2.32. The van der Waals surface area contributed by atoms with E-state index in [1.165, 1.54) is 18.2 Å². The molecule has 7 heteroatoms. The van der Waals surface area contributed by atoms with E-state index in [2.05, 4.69) is 11.6 Å². The summed E-state index contributed by atoms with van der Waals surface area (Å²) >= 11 is 1.87. The van der Waals surface area contributed by atoms with Gasteiger partial charge in [-0.05, 0) is 59.5 Å². The lowest BCUT2D eigenvalue weighted by molar-refractivity contribution is 0.0695. The summed E-state index contributed by atoms with van der Waals surface area (Å²) in [6.45, 7) is 2.07. The Morgan fingerprint density at radius 1 is 1.42 bits per heavy atom. The Morgan fingerprint density at radius 2 is 2.05 bits per heavy atom. The van der Waals surface area contributed by atoms with Crippen LogP contribution in [0.15, 0.2) is 23.1 Å². The summed E-state index contributed by atoms with van der Waals surface area (Å²) in [6.07, 6.45) is 1.66. The van der Waals surface area contributed by atoms with Crippen molar-refractivity contribution >= 4 is 38.6 Å². The number of halogens is 1. The predicted molar refractivity (Wildman–Crippen MR) is 78.6 cm³/mol. The summed E-state index contributed by atoms with van der Waals surface area (Å²) in [5.74, 6) is -0.585. The fourth-order valence-corrected chi connectivity index (χ4v) is 3.98. The second kappa shape index (κ2) is 5.37. The van der Waals surface area contributed by atoms with E-state index < -0.39 is 16.0 Å². The van der Waals surface area contributed by atoms with E-state index in [1.54, 1.807) is 0 Å². The van der Waals surface area contributed by atoms with Gasteiger partial charge >= 0.3 is 5.97 Å². The molecule has 1 aromatic carbocycles. The largest absolute Gasteiger partial charge is 0.478 e. The van der Waals surface area contributed by atoms with Crippen LogP contribution in [-0.4, -0.2) is 25.5 Å². The van der Waals surface area contributed by atoms with Crippen molar-refractivity contribution in [2.75, 3.05) is 0 Å². The number of rotatable bonds is 4. The van der Waals surface area contributed by atoms with Gasteiger partial charge in [-0.3, -0.25) is 0 Å². The van der Waals surface area contributed by atoms with Gasteiger partial charge < -0.3 is 5.11 Å². The first-order valence-electron chi connectivity index (χ1n) is 5.85. The first-order valence-corrected chi connectivity index (χ1v) is 8.41. The van der Waals surface area contributed by atoms with Crippen LogP contribution in [0.25, 0.3) is 0 Å². The van der Waals surface area contributed by atoms with E-state index in [-0.39, 0.29) is 16.5 Å². The van der Waals surface area contributed by atoms with E-state index in [0.717, 1.165) is 12.8 Å². The molecule has 1 saturated carbocycles. The minimum atomic E-state index is -3.63. The van der Waals surface area contributed by atoms with Gasteiger partial charge in [0.1, 0.15) is 0 Å². The zero-order valence-electron chi connectivity index (χ0n) is 10.3. The van der Waals surface area contributed by atoms with Crippen LogP contribution in [0.2, 0.25) is 0 Å². The number of sulfonamides is 1. The van der Waals surface area contributed by atoms with Crippen molar-refractivity contribution in [3.63, 3.8) is 0 Å². The molecule has 104 valence electrons. The van der Waals surface area contributed by atoms with Crippen LogP contribution >= 0.6 is 22.6 Å². The summed E-state index contributed by atoms with van der Waals surface area (Å²) in [5.41, 5.74) is 0.00505. The maximum absolute atomic E-state index is 12.1. The van der Waals surface area contributed by atoms with E-state index in [9.17, 15) is 13.2 Å². The molecule has 0 heterocycles. The number of carboxylic acid groups (broad SMARTS) is 1. The van der Waals surface area contributed by atoms with Gasteiger partial charge in [0.25, 0.3) is 0 Å². The molecule has 1 fully saturated rings. The third-order valence-electron chi connectivity index (χ3n) is 3.17. The second-order valence-corrected chi connectivity index (χ2v) is 7.72. The van der Waals surface area contributed by atoms with Crippen molar-refractivity contribution in [3.8, 4) is 0 Å². The number of hydrogen-bond donors (Lipinski definition) is 2. The topological polar surface area (TPSA) is 83.5 Å². The Morgan fingerprint density at radius 3 is 2.58 bits per heavy atom. The van der Waals surface area contributed by atoms with Crippen molar-refractivity contribution in [1.29, 1.82) is 0 Å². The number of hydrogen-bond acceptors (Lipinski definition) is 3. The van der Waals surface area contributed by atoms with Gasteiger partial charge in [0.15, 0.2) is 0 Å². The van der Waals surface area contributed by atoms with Gasteiger partial charge in [0.05, 0.1) is 10.5 Å². The molecule has 2 rings (SSSR count). The van der Waals surface area contributed by atoms with E-state index in [1.807, 2.05) is 22.6 Å². The number of carbonyl (C=O) groups is 1. The van der Waals surface area contributed by atoms with Crippen LogP contribution in [0.3, 0.4) is 0 Å². The first-order chi connectivity index (χ1) is 8.79. The lowest BCUT2D eigenvalue weighted by atomic mass is 9.83. The van der Waals surface area contributed by atoms with Crippen LogP contribution in [0.5, 0.6) is 0 Å². The molecule has 0 spiro atoms. The highest BCUT2D eigenvalue weighted by atomic mass is 127. The molecule has 1 aliphatic rings. The van der Waals surface area contributed by atoms with Crippen LogP contribution in [0.1, 0.15) is 30.1 Å². The lowest BCUT2D eigenvalue weighted by Crippen LogP contribution is -2.43. The average Bonchev–Trinajstić information content (AvgIpc) is 2.26. The quantitative estimate of drug-likeness (QED) is 0.765. The average molecular weight is 395 g/mol. The van der Waals surface area contributed by atoms with Gasteiger partial charge in [0.2, 0.25) is 10.0 Å². The van der Waals surface area contributed by atoms with Gasteiger partial charge in [-0.15, -0.1) is 0 Å². The smallest absolute Gasteiger partial charge is 0.336 e. The van der Waals surface area contributed by atoms with E-state index >= 15 is 0 Å². The molecule has 0 saturated heterocycles. The summed E-state index contributed by atoms with van der Waals surface area (Å²) in [5, 5.41) is 9.01. The molecule has 19 heavy (non-hydrogen) atoms. The fraction of sp³-hybridized carbons (Fsp3) is 0.417. The highest BCUT2D eigenvalue weighted by Crippen LogP contribution is 2.28. The Bertz CT molecular complexity index is 608. The molecule has 0 aromatic heterocycles. The standard InChI is InChI=1S/C12H14INO4S/c1-7-4-8(5-7)14-19(17,18)9-2-3-11(13)10(6-9)12(15)16/h2-3,6-8,14H,4-5H2,1H3,(H,15,16). The molecule has 0 amide bonds. The zero-order valence-corrected chi connectivity index (χ0v) is 13.2. The maximum Gasteiger partial charge on any atom is 0.336 e. The normalized spacial score (nSPS) is 22.8. The van der Waals surface area contributed by atoms with Crippen LogP contribution in [0, 0.1) is 9.49 Å². The highest BCUT2D eigenvalue weighted by Gasteiger charge is 2.30. The number of nitrogens with one attached hydrogen (secondary N) is 1. The summed E-state index contributed by atoms with van der Waals surface area (Å²) in [6, 6.07) is 4.10. The first kappa shape index (κ1) is 14.7. The highest BCUT2D eigenvalue weighted by molar-refractivity contribution is 14.1. The van der Waals surface area contributed by atoms with Crippen LogP contribution in [0.4, 0.5) is 0 Å². The third kappa shape index (κ3) is 3.26. The number of benzene rings is 1. The Balaban J connectivity index is 2.25. The van der Waals surface area contributed by atoms with Crippen molar-refractivity contribution in [2.24, 2.45) is 5.92 Å². The zero-order chi connectivity index (χ0) is 14.2. The second-order valence-electron chi connectivity index (χ2n) is 4.84. The van der Waals surface area contributed by atoms with E-state index in [0.29, 0.717) is 9.49 Å². The van der Waals surface area contributed by atoms with Gasteiger partial charge in [-0.2, -0.15) is 0 Å². The van der Waals surface area contributed by atoms with Crippen LogP contribution in [-0.2, 0) is 10.0 Å². The number of carboxylic acids is 1. The molecule has 0 bridgehead atoms. The molecule has 0 radical (unpaired) electrons. The third-order valence-corrected chi connectivity index (χ3v) is 5.63. The van der Waals surface area contributed by atoms with Gasteiger partial charge in [0, 0.05) is 9.61 Å². The molecule has 0 atom stereocenters. The SMILES string of the molecule is CC1CC(NS(=O)(=O)c2ccc(I)c(C(=O)O)c2)C1. The molecule has 2 N–H and O–H groups in total. The van der Waals surface area contributed by atoms with Crippen molar-refractivity contribution in [2.45, 2.75) is 30.7 Å². The fourth-order valence-electron chi connectivity index (χ4n) is 2.12. The Kier molecular flexibility index (Phi) is 4.17. The number of aromatic carboxylic acids is 1. The Labute approximate surface area is 125 Å². The maximum atomic E-state index is 12.1. The monoisotopic (exact) mass is 395 g/mol. The molecule has 1 aromatic rings. The van der Waals surface area contributed by atoms with Crippen LogP contribution < -0.4 is 4.72 Å². The van der Waals surface area contributed by atoms with Crippen molar-refractivity contribution in [3.05, 3.63) is 27.3 Å². The molecule has 1 aliphatic carbocycles. The van der Waals surface area contributed by atoms with Crippen molar-refractivity contribution in [1.82, 2.24) is 4.72 Å². The summed E-state index contributed by atoms with van der Waals surface area (Å²) in [7, 11) is -3.63. The van der Waals surface area contributed by atoms with Gasteiger partial charge in [-0.1, -0.05) is 6.92 Å². The minimum absolute atomic E-state index is 0.00451. The van der Waals surface area contributed by atoms with Gasteiger partial charge in [-0.25, -0.2) is 17.9 Å². The Hall–Kier alpha value is -0.670. The molecule has 0 aliphatic heterocycles. The molecular weight excluding hydrogens is 381 g/mol.